The Balaban J connectivity index is 1.41. The van der Waals surface area contributed by atoms with E-state index in [1.807, 2.05) is 6.92 Å². The molecule has 0 bridgehead atoms. The van der Waals surface area contributed by atoms with Gasteiger partial charge in [-0.15, -0.1) is 11.8 Å². The first-order valence-electron chi connectivity index (χ1n) is 12.5. The number of hydrogen-bond acceptors (Lipinski definition) is 8. The number of fused-ring (bicyclic) bond motifs is 1. The second-order valence-corrected chi connectivity index (χ2v) is 11.7. The fourth-order valence-corrected chi connectivity index (χ4v) is 7.23. The fourth-order valence-electron chi connectivity index (χ4n) is 5.76. The lowest BCUT2D eigenvalue weighted by Gasteiger charge is -2.47. The number of rotatable bonds is 8. The molecule has 0 unspecified atom stereocenters. The molecule has 0 aliphatic carbocycles. The lowest BCUT2D eigenvalue weighted by Crippen LogP contribution is -2.66. The van der Waals surface area contributed by atoms with Crippen molar-refractivity contribution in [2.24, 2.45) is 23.3 Å². The molecule has 4 aliphatic heterocycles. The Morgan fingerprint density at radius 3 is 2.68 bits per heavy atom. The van der Waals surface area contributed by atoms with Gasteiger partial charge in [0.1, 0.15) is 5.70 Å². The number of carbonyl (C=O) groups excluding carboxylic acids is 3. The van der Waals surface area contributed by atoms with Crippen LogP contribution in [0.15, 0.2) is 10.6 Å². The van der Waals surface area contributed by atoms with Crippen LogP contribution in [0.1, 0.15) is 26.7 Å². The molecule has 4 heterocycles. The first-order valence-corrected chi connectivity index (χ1v) is 13.4. The lowest BCUT2D eigenvalue weighted by molar-refractivity contribution is -0.158. The molecule has 13 nitrogen and oxygen atoms in total. The molecular weight excluding hydrogens is 500 g/mol. The summed E-state index contributed by atoms with van der Waals surface area (Å²) in [4.78, 5) is 55.6. The Morgan fingerprint density at radius 2 is 2.08 bits per heavy atom. The van der Waals surface area contributed by atoms with Gasteiger partial charge in [-0.05, 0) is 19.8 Å². The van der Waals surface area contributed by atoms with E-state index < -0.39 is 17.9 Å². The normalized spacial score (nSPS) is 31.7. The van der Waals surface area contributed by atoms with Crippen molar-refractivity contribution in [1.82, 2.24) is 25.3 Å². The molecule has 3 amide bonds. The maximum absolute atomic E-state index is 13.1. The van der Waals surface area contributed by atoms with Crippen LogP contribution in [0, 0.1) is 17.2 Å². The number of likely N-dealkylation sites (tertiary alicyclic amines) is 1. The van der Waals surface area contributed by atoms with Crippen molar-refractivity contribution >= 4 is 41.4 Å². The van der Waals surface area contributed by atoms with Gasteiger partial charge in [-0.1, -0.05) is 6.92 Å². The van der Waals surface area contributed by atoms with Crippen LogP contribution in [0.3, 0.4) is 0 Å². The van der Waals surface area contributed by atoms with E-state index in [0.29, 0.717) is 31.0 Å². The molecule has 0 radical (unpaired) electrons. The molecule has 204 valence electrons. The summed E-state index contributed by atoms with van der Waals surface area (Å²) in [6.07, 6.45) is 1.36. The number of carboxylic acid groups (broad SMARTS) is 1. The molecule has 4 rings (SSSR count). The van der Waals surface area contributed by atoms with Crippen LogP contribution in [-0.2, 0) is 19.2 Å². The highest BCUT2D eigenvalue weighted by atomic mass is 32.2. The molecule has 7 atom stereocenters. The van der Waals surface area contributed by atoms with Gasteiger partial charge in [-0.25, -0.2) is 4.79 Å². The summed E-state index contributed by atoms with van der Waals surface area (Å²) in [5.41, 5.74) is 11.3. The van der Waals surface area contributed by atoms with Gasteiger partial charge in [0.25, 0.3) is 0 Å². The number of nitrogens with one attached hydrogen (secondary N) is 3. The van der Waals surface area contributed by atoms with E-state index in [4.69, 9.17) is 16.9 Å². The molecule has 14 heteroatoms. The SMILES string of the molecule is C[C@@H](NC(=O)CN(C)C(=N)N)[C@H]1C(=O)N2C(C(=O)O)=C(S[C@@H]3CN[C@H](C(=O)N4CC[C@H](N)C4)C3)[C@H](C)[C@H]12. The van der Waals surface area contributed by atoms with E-state index in [1.165, 1.54) is 28.6 Å². The molecule has 0 aromatic heterocycles. The van der Waals surface area contributed by atoms with Gasteiger partial charge in [-0.3, -0.25) is 19.8 Å². The van der Waals surface area contributed by atoms with Gasteiger partial charge in [0.05, 0.1) is 24.5 Å². The van der Waals surface area contributed by atoms with E-state index in [2.05, 4.69) is 10.6 Å². The Kier molecular flexibility index (Phi) is 7.72. The molecule has 0 spiro atoms. The first-order chi connectivity index (χ1) is 17.4. The van der Waals surface area contributed by atoms with E-state index >= 15 is 0 Å². The van der Waals surface area contributed by atoms with Crippen LogP contribution in [0.5, 0.6) is 0 Å². The number of likely N-dealkylation sites (N-methyl/N-ethyl adjacent to an activating group) is 1. The van der Waals surface area contributed by atoms with Crippen molar-refractivity contribution in [2.75, 3.05) is 33.2 Å². The Morgan fingerprint density at radius 1 is 1.38 bits per heavy atom. The molecular formula is C23H36N8O5S. The van der Waals surface area contributed by atoms with Crippen LogP contribution < -0.4 is 22.1 Å². The minimum atomic E-state index is -1.16. The average molecular weight is 537 g/mol. The summed E-state index contributed by atoms with van der Waals surface area (Å²) >= 11 is 1.43. The van der Waals surface area contributed by atoms with Crippen LogP contribution in [0.4, 0.5) is 0 Å². The summed E-state index contributed by atoms with van der Waals surface area (Å²) in [5, 5.41) is 23.4. The molecule has 8 N–H and O–H groups in total. The average Bonchev–Trinajstić information content (AvgIpc) is 3.51. The third-order valence-electron chi connectivity index (χ3n) is 7.73. The molecule has 3 saturated heterocycles. The van der Waals surface area contributed by atoms with Gasteiger partial charge in [-0.2, -0.15) is 0 Å². The predicted octanol–water partition coefficient (Wildman–Crippen LogP) is -1.89. The zero-order chi connectivity index (χ0) is 27.2. The van der Waals surface area contributed by atoms with E-state index in [9.17, 15) is 24.3 Å². The second kappa shape index (κ2) is 10.5. The second-order valence-electron chi connectivity index (χ2n) is 10.4. The first kappa shape index (κ1) is 27.2. The number of aliphatic carboxylic acids is 1. The van der Waals surface area contributed by atoms with Crippen molar-refractivity contribution in [3.05, 3.63) is 10.6 Å². The number of guanidine groups is 1. The van der Waals surface area contributed by atoms with Crippen molar-refractivity contribution in [1.29, 1.82) is 5.41 Å². The third kappa shape index (κ3) is 5.14. The van der Waals surface area contributed by atoms with Crippen molar-refractivity contribution in [3.8, 4) is 0 Å². The quantitative estimate of drug-likeness (QED) is 0.116. The molecule has 0 aromatic carbocycles. The van der Waals surface area contributed by atoms with Crippen LogP contribution in [0.2, 0.25) is 0 Å². The summed E-state index contributed by atoms with van der Waals surface area (Å²) in [6.45, 7) is 5.28. The summed E-state index contributed by atoms with van der Waals surface area (Å²) in [7, 11) is 1.52. The predicted molar refractivity (Wildman–Crippen MR) is 137 cm³/mol. The maximum atomic E-state index is 13.1. The van der Waals surface area contributed by atoms with Crippen LogP contribution in [0.25, 0.3) is 0 Å². The lowest BCUT2D eigenvalue weighted by atomic mass is 9.78. The highest BCUT2D eigenvalue weighted by molar-refractivity contribution is 8.03. The topological polar surface area (TPSA) is 198 Å². The zero-order valence-electron chi connectivity index (χ0n) is 21.3. The molecule has 0 saturated carbocycles. The Hall–Kier alpha value is -2.84. The van der Waals surface area contributed by atoms with Crippen LogP contribution in [-0.4, -0.2) is 112 Å². The molecule has 0 aromatic rings. The largest absolute Gasteiger partial charge is 0.477 e. The highest BCUT2D eigenvalue weighted by Gasteiger charge is 2.60. The smallest absolute Gasteiger partial charge is 0.353 e. The van der Waals surface area contributed by atoms with E-state index in [-0.39, 0.29) is 65.2 Å². The minimum absolute atomic E-state index is 0.00103. The number of carboxylic acids is 1. The number of thioether (sulfide) groups is 1. The van der Waals surface area contributed by atoms with Crippen molar-refractivity contribution in [2.45, 2.75) is 56.1 Å². The number of nitrogens with two attached hydrogens (primary N) is 2. The third-order valence-corrected chi connectivity index (χ3v) is 9.24. The van der Waals surface area contributed by atoms with E-state index in [0.717, 1.165) is 6.42 Å². The van der Waals surface area contributed by atoms with Gasteiger partial charge in [0.2, 0.25) is 17.7 Å². The Bertz CT molecular complexity index is 1040. The minimum Gasteiger partial charge on any atom is -0.477 e. The van der Waals surface area contributed by atoms with Gasteiger partial charge >= 0.3 is 5.97 Å². The van der Waals surface area contributed by atoms with Gasteiger partial charge in [0, 0.05) is 54.8 Å². The maximum Gasteiger partial charge on any atom is 0.353 e. The fraction of sp³-hybridized carbons (Fsp3) is 0.696. The van der Waals surface area contributed by atoms with Crippen LogP contribution >= 0.6 is 11.8 Å². The number of nitrogens with zero attached hydrogens (tertiary/aromatic N) is 3. The van der Waals surface area contributed by atoms with Gasteiger partial charge in [0.15, 0.2) is 5.96 Å². The number of carbonyl (C=O) groups is 4. The van der Waals surface area contributed by atoms with E-state index in [1.54, 1.807) is 11.8 Å². The molecule has 3 fully saturated rings. The summed E-state index contributed by atoms with van der Waals surface area (Å²) in [6, 6.07) is -1.22. The zero-order valence-corrected chi connectivity index (χ0v) is 22.1. The highest BCUT2D eigenvalue weighted by Crippen LogP contribution is 2.51. The number of hydrogen-bond donors (Lipinski definition) is 6. The van der Waals surface area contributed by atoms with Gasteiger partial charge < -0.3 is 41.9 Å². The summed E-state index contributed by atoms with van der Waals surface area (Å²) < 4.78 is 0. The van der Waals surface area contributed by atoms with Crippen molar-refractivity contribution < 1.29 is 24.3 Å². The Labute approximate surface area is 219 Å². The number of β-lactam (4-membered cyclic amide) rings is 1. The standard InChI is InChI=1S/C23H36N8O5S/c1-10-17-16(11(2)28-15(32)9-29(3)23(25)26)21(34)31(17)18(22(35)36)19(10)37-13-6-14(27-7-13)20(33)30-5-4-12(24)8-30/h10-14,16-17,27H,4-9,24H2,1-3H3,(H3,25,26)(H,28,32)(H,35,36)/t10-,11-,12+,13+,14+,16-,17-/m1/s1. The summed E-state index contributed by atoms with van der Waals surface area (Å²) in [5.74, 6) is -2.89. The molecule has 4 aliphatic rings. The monoisotopic (exact) mass is 536 g/mol. The number of amides is 3. The van der Waals surface area contributed by atoms with Crippen molar-refractivity contribution in [3.63, 3.8) is 0 Å². The molecule has 37 heavy (non-hydrogen) atoms.